The smallest absolute Gasteiger partial charge is 0.142 e. The van der Waals surface area contributed by atoms with E-state index in [1.165, 1.54) is 0 Å². The Hall–Kier alpha value is -4.44. The molecule has 0 aromatic carbocycles. The second kappa shape index (κ2) is 9.90. The van der Waals surface area contributed by atoms with Gasteiger partial charge in [0.1, 0.15) is 11.6 Å². The number of nitrogens with zero attached hydrogens (tertiary/aromatic N) is 10. The Kier molecular flexibility index (Phi) is 6.15. The maximum atomic E-state index is 4.86. The second-order valence-electron chi connectivity index (χ2n) is 9.22. The monoisotopic (exact) mass is 492 g/mol. The van der Waals surface area contributed by atoms with Gasteiger partial charge < -0.3 is 4.90 Å². The lowest BCUT2D eigenvalue weighted by Gasteiger charge is -2.35. The van der Waals surface area contributed by atoms with Gasteiger partial charge >= 0.3 is 0 Å². The molecule has 10 heteroatoms. The summed E-state index contributed by atoms with van der Waals surface area (Å²) in [5.41, 5.74) is 6.22. The summed E-state index contributed by atoms with van der Waals surface area (Å²) in [7, 11) is 1.92. The van der Waals surface area contributed by atoms with Crippen molar-refractivity contribution < 1.29 is 0 Å². The molecule has 5 aromatic heterocycles. The van der Waals surface area contributed by atoms with Crippen LogP contribution in [0.5, 0.6) is 0 Å². The highest BCUT2D eigenvalue weighted by atomic mass is 15.3. The van der Waals surface area contributed by atoms with Crippen LogP contribution in [-0.2, 0) is 20.1 Å². The standard InChI is InChI=1S/C27H28N10/c1-28-13-22-15-33-37-18-21(23-16-32-34(2)17-23)12-24(27(22)37)20-4-5-26(31-14-20)36-10-8-35(9-11-36)19-25-29-6-3-7-30-25/h3-7,12,14-18H,1,8-11,13,19H2,2H3. The van der Waals surface area contributed by atoms with Crippen LogP contribution in [0.3, 0.4) is 0 Å². The summed E-state index contributed by atoms with van der Waals surface area (Å²) in [5.74, 6) is 1.85. The maximum Gasteiger partial charge on any atom is 0.142 e. The molecular formula is C27H28N10. The van der Waals surface area contributed by atoms with Gasteiger partial charge in [0, 0.05) is 92.0 Å². The summed E-state index contributed by atoms with van der Waals surface area (Å²) >= 11 is 0. The summed E-state index contributed by atoms with van der Waals surface area (Å²) in [4.78, 5) is 22.4. The molecule has 5 aromatic rings. The van der Waals surface area contributed by atoms with Gasteiger partial charge in [0.2, 0.25) is 0 Å². The molecule has 1 aliphatic rings. The minimum absolute atomic E-state index is 0.506. The van der Waals surface area contributed by atoms with Crippen molar-refractivity contribution in [3.8, 4) is 22.3 Å². The molecule has 0 radical (unpaired) electrons. The molecule has 1 fully saturated rings. The Balaban J connectivity index is 1.26. The lowest BCUT2D eigenvalue weighted by molar-refractivity contribution is 0.243. The molecule has 6 heterocycles. The molecule has 0 aliphatic carbocycles. The zero-order valence-corrected chi connectivity index (χ0v) is 20.8. The van der Waals surface area contributed by atoms with Crippen molar-refractivity contribution >= 4 is 18.1 Å². The number of fused-ring (bicyclic) bond motifs is 1. The first kappa shape index (κ1) is 23.0. The second-order valence-corrected chi connectivity index (χ2v) is 9.22. The van der Waals surface area contributed by atoms with E-state index in [-0.39, 0.29) is 0 Å². The number of piperazine rings is 1. The van der Waals surface area contributed by atoms with Crippen LogP contribution in [0, 0.1) is 0 Å². The molecule has 6 rings (SSSR count). The Morgan fingerprint density at radius 3 is 2.43 bits per heavy atom. The van der Waals surface area contributed by atoms with Gasteiger partial charge in [-0.3, -0.25) is 14.6 Å². The van der Waals surface area contributed by atoms with Gasteiger partial charge in [-0.15, -0.1) is 0 Å². The molecule has 0 unspecified atom stereocenters. The number of pyridine rings is 2. The number of aryl methyl sites for hydroxylation is 1. The van der Waals surface area contributed by atoms with E-state index in [2.05, 4.69) is 59.9 Å². The van der Waals surface area contributed by atoms with Crippen molar-refractivity contribution in [1.82, 2.24) is 39.2 Å². The largest absolute Gasteiger partial charge is 0.354 e. The van der Waals surface area contributed by atoms with E-state index >= 15 is 0 Å². The molecule has 0 saturated carbocycles. The topological polar surface area (TPSA) is 92.6 Å². The first-order valence-electron chi connectivity index (χ1n) is 12.3. The minimum Gasteiger partial charge on any atom is -0.354 e. The highest BCUT2D eigenvalue weighted by Gasteiger charge is 2.20. The van der Waals surface area contributed by atoms with Gasteiger partial charge in [-0.25, -0.2) is 19.5 Å². The fraction of sp³-hybridized carbons (Fsp3) is 0.259. The van der Waals surface area contributed by atoms with E-state index in [1.54, 1.807) is 17.1 Å². The van der Waals surface area contributed by atoms with E-state index in [0.717, 1.165) is 77.7 Å². The highest BCUT2D eigenvalue weighted by molar-refractivity contribution is 5.86. The third-order valence-corrected chi connectivity index (χ3v) is 6.75. The first-order chi connectivity index (χ1) is 18.2. The lowest BCUT2D eigenvalue weighted by Crippen LogP contribution is -2.46. The third-order valence-electron chi connectivity index (χ3n) is 6.75. The molecular weight excluding hydrogens is 464 g/mol. The highest BCUT2D eigenvalue weighted by Crippen LogP contribution is 2.32. The summed E-state index contributed by atoms with van der Waals surface area (Å²) in [6.45, 7) is 8.68. The Morgan fingerprint density at radius 2 is 1.73 bits per heavy atom. The molecule has 0 atom stereocenters. The number of aromatic nitrogens is 7. The predicted octanol–water partition coefficient (Wildman–Crippen LogP) is 3.11. The Morgan fingerprint density at radius 1 is 0.892 bits per heavy atom. The van der Waals surface area contributed by atoms with Crippen LogP contribution in [-0.4, -0.2) is 72.1 Å². The fourth-order valence-corrected chi connectivity index (χ4v) is 4.85. The van der Waals surface area contributed by atoms with E-state index < -0.39 is 0 Å². The molecule has 0 N–H and O–H groups in total. The van der Waals surface area contributed by atoms with Gasteiger partial charge in [-0.2, -0.15) is 10.2 Å². The van der Waals surface area contributed by atoms with Crippen molar-refractivity contribution in [2.45, 2.75) is 13.1 Å². The van der Waals surface area contributed by atoms with Gasteiger partial charge in [-0.05, 0) is 31.0 Å². The van der Waals surface area contributed by atoms with Crippen molar-refractivity contribution in [2.75, 3.05) is 31.1 Å². The van der Waals surface area contributed by atoms with Crippen LogP contribution in [0.25, 0.3) is 27.8 Å². The summed E-state index contributed by atoms with van der Waals surface area (Å²) in [6, 6.07) is 8.29. The predicted molar refractivity (Wildman–Crippen MR) is 143 cm³/mol. The average Bonchev–Trinajstić information content (AvgIpc) is 3.56. The molecule has 0 spiro atoms. The molecule has 0 amide bonds. The number of rotatable bonds is 7. The molecule has 0 bridgehead atoms. The zero-order chi connectivity index (χ0) is 25.2. The summed E-state index contributed by atoms with van der Waals surface area (Å²) < 4.78 is 3.72. The quantitative estimate of drug-likeness (QED) is 0.322. The van der Waals surface area contributed by atoms with Crippen LogP contribution in [0.1, 0.15) is 11.4 Å². The van der Waals surface area contributed by atoms with Crippen molar-refractivity contribution in [3.05, 3.63) is 79.0 Å². The number of hydrogen-bond acceptors (Lipinski definition) is 8. The normalized spacial score (nSPS) is 14.4. The Labute approximate surface area is 215 Å². The minimum atomic E-state index is 0.506. The maximum absolute atomic E-state index is 4.86. The van der Waals surface area contributed by atoms with Gasteiger partial charge in [0.25, 0.3) is 0 Å². The molecule has 186 valence electrons. The molecule has 10 nitrogen and oxygen atoms in total. The van der Waals surface area contributed by atoms with E-state index in [1.807, 2.05) is 48.6 Å². The lowest BCUT2D eigenvalue weighted by atomic mass is 10.0. The summed E-state index contributed by atoms with van der Waals surface area (Å²) in [6.07, 6.45) is 13.3. The van der Waals surface area contributed by atoms with E-state index in [9.17, 15) is 0 Å². The molecule has 37 heavy (non-hydrogen) atoms. The van der Waals surface area contributed by atoms with Crippen LogP contribution in [0.15, 0.2) is 72.6 Å². The third kappa shape index (κ3) is 4.70. The van der Waals surface area contributed by atoms with Crippen LogP contribution in [0.2, 0.25) is 0 Å². The van der Waals surface area contributed by atoms with Gasteiger partial charge in [0.05, 0.1) is 31.0 Å². The molecule has 1 saturated heterocycles. The van der Waals surface area contributed by atoms with Crippen molar-refractivity contribution in [2.24, 2.45) is 12.0 Å². The van der Waals surface area contributed by atoms with E-state index in [4.69, 9.17) is 4.98 Å². The Bertz CT molecular complexity index is 1510. The van der Waals surface area contributed by atoms with Crippen molar-refractivity contribution in [3.63, 3.8) is 0 Å². The summed E-state index contributed by atoms with van der Waals surface area (Å²) in [5, 5.41) is 8.94. The van der Waals surface area contributed by atoms with E-state index in [0.29, 0.717) is 6.54 Å². The average molecular weight is 493 g/mol. The first-order valence-corrected chi connectivity index (χ1v) is 12.3. The number of hydrogen-bond donors (Lipinski definition) is 0. The molecule has 1 aliphatic heterocycles. The zero-order valence-electron chi connectivity index (χ0n) is 20.8. The van der Waals surface area contributed by atoms with Gasteiger partial charge in [-0.1, -0.05) is 0 Å². The van der Waals surface area contributed by atoms with Crippen LogP contribution >= 0.6 is 0 Å². The number of aliphatic imine (C=N–C) groups is 1. The fourth-order valence-electron chi connectivity index (χ4n) is 4.85. The number of anilines is 1. The van der Waals surface area contributed by atoms with Crippen molar-refractivity contribution in [1.29, 1.82) is 0 Å². The van der Waals surface area contributed by atoms with Crippen LogP contribution < -0.4 is 4.90 Å². The SMILES string of the molecule is C=NCc1cnn2cc(-c3cnn(C)c3)cc(-c3ccc(N4CCN(Cc5ncccn5)CC4)nc3)c12. The van der Waals surface area contributed by atoms with Gasteiger partial charge in [0.15, 0.2) is 0 Å². The van der Waals surface area contributed by atoms with Crippen LogP contribution in [0.4, 0.5) is 5.82 Å².